The zero-order chi connectivity index (χ0) is 22.0. The van der Waals surface area contributed by atoms with E-state index in [1.807, 2.05) is 44.2 Å². The summed E-state index contributed by atoms with van der Waals surface area (Å²) in [5.74, 6) is -0.0305. The Balaban J connectivity index is 1.67. The molecule has 0 aliphatic carbocycles. The average Bonchev–Trinajstić information content (AvgIpc) is 3.19. The number of aromatic nitrogens is 2. The summed E-state index contributed by atoms with van der Waals surface area (Å²) < 4.78 is 1.55. The van der Waals surface area contributed by atoms with Gasteiger partial charge in [-0.25, -0.2) is 4.98 Å². The fourth-order valence-electron chi connectivity index (χ4n) is 3.06. The van der Waals surface area contributed by atoms with Crippen LogP contribution in [0.2, 0.25) is 5.02 Å². The lowest BCUT2D eigenvalue weighted by Gasteiger charge is -2.12. The second kappa shape index (κ2) is 9.26. The van der Waals surface area contributed by atoms with Crippen LogP contribution in [0, 0.1) is 6.92 Å². The first-order valence-corrected chi connectivity index (χ1v) is 11.9. The number of halogens is 1. The Labute approximate surface area is 193 Å². The van der Waals surface area contributed by atoms with Crippen LogP contribution >= 0.6 is 34.7 Å². The number of aryl methyl sites for hydroxylation is 2. The van der Waals surface area contributed by atoms with Gasteiger partial charge in [-0.05, 0) is 55.8 Å². The number of hydrogen-bond donors (Lipinski definition) is 1. The Morgan fingerprint density at radius 2 is 1.87 bits per heavy atom. The number of hydrogen-bond acceptors (Lipinski definition) is 5. The third-order valence-corrected chi connectivity index (χ3v) is 7.05. The van der Waals surface area contributed by atoms with Gasteiger partial charge in [-0.1, -0.05) is 48.0 Å². The van der Waals surface area contributed by atoms with Gasteiger partial charge in [0, 0.05) is 15.6 Å². The molecule has 4 aromatic rings. The van der Waals surface area contributed by atoms with Crippen LogP contribution in [0.25, 0.3) is 15.9 Å². The number of carbonyl (C=O) groups is 1. The standard InChI is InChI=1S/C23H20ClN3O2S2/c1-3-18-12-19-21(31-18)26-23(27(22(19)29)17-10-6-15(24)7-11-17)30-13-20(28)25-16-8-4-14(2)5-9-16/h4-12H,3,13H2,1-2H3,(H,25,28). The maximum atomic E-state index is 13.3. The largest absolute Gasteiger partial charge is 0.325 e. The van der Waals surface area contributed by atoms with Gasteiger partial charge < -0.3 is 5.32 Å². The van der Waals surface area contributed by atoms with Crippen LogP contribution in [0.4, 0.5) is 5.69 Å². The van der Waals surface area contributed by atoms with Crippen molar-refractivity contribution in [2.24, 2.45) is 0 Å². The number of carbonyl (C=O) groups excluding carboxylic acids is 1. The van der Waals surface area contributed by atoms with E-state index in [0.717, 1.165) is 22.5 Å². The van der Waals surface area contributed by atoms with E-state index in [2.05, 4.69) is 5.32 Å². The highest BCUT2D eigenvalue weighted by Crippen LogP contribution is 2.27. The minimum Gasteiger partial charge on any atom is -0.325 e. The number of nitrogens with zero attached hydrogens (tertiary/aromatic N) is 2. The monoisotopic (exact) mass is 469 g/mol. The summed E-state index contributed by atoms with van der Waals surface area (Å²) in [6.45, 7) is 4.04. The minimum atomic E-state index is -0.161. The summed E-state index contributed by atoms with van der Waals surface area (Å²) in [5.41, 5.74) is 2.37. The van der Waals surface area contributed by atoms with Crippen molar-refractivity contribution in [3.8, 4) is 5.69 Å². The van der Waals surface area contributed by atoms with Crippen molar-refractivity contribution in [3.63, 3.8) is 0 Å². The molecule has 0 saturated heterocycles. The van der Waals surface area contributed by atoms with E-state index in [1.165, 1.54) is 23.1 Å². The number of amides is 1. The normalized spacial score (nSPS) is 11.1. The van der Waals surface area contributed by atoms with Crippen molar-refractivity contribution in [3.05, 3.63) is 80.4 Å². The van der Waals surface area contributed by atoms with Crippen LogP contribution in [-0.2, 0) is 11.2 Å². The third-order valence-electron chi connectivity index (χ3n) is 4.69. The van der Waals surface area contributed by atoms with Crippen LogP contribution in [-0.4, -0.2) is 21.2 Å². The lowest BCUT2D eigenvalue weighted by molar-refractivity contribution is -0.113. The van der Waals surface area contributed by atoms with Gasteiger partial charge in [-0.2, -0.15) is 0 Å². The number of nitrogens with one attached hydrogen (secondary N) is 1. The van der Waals surface area contributed by atoms with E-state index >= 15 is 0 Å². The number of thiophene rings is 1. The lowest BCUT2D eigenvalue weighted by atomic mass is 10.2. The summed E-state index contributed by atoms with van der Waals surface area (Å²) in [7, 11) is 0. The molecule has 1 amide bonds. The number of benzene rings is 2. The van der Waals surface area contributed by atoms with Crippen molar-refractivity contribution in [2.75, 3.05) is 11.1 Å². The Hall–Kier alpha value is -2.61. The van der Waals surface area contributed by atoms with Crippen molar-refractivity contribution < 1.29 is 4.79 Å². The van der Waals surface area contributed by atoms with Gasteiger partial charge in [-0.15, -0.1) is 11.3 Å². The van der Waals surface area contributed by atoms with Crippen molar-refractivity contribution in [1.29, 1.82) is 0 Å². The number of thioether (sulfide) groups is 1. The first-order chi connectivity index (χ1) is 14.9. The maximum Gasteiger partial charge on any atom is 0.267 e. The summed E-state index contributed by atoms with van der Waals surface area (Å²) in [6, 6.07) is 16.5. The molecule has 0 bridgehead atoms. The molecule has 0 atom stereocenters. The summed E-state index contributed by atoms with van der Waals surface area (Å²) in [6.07, 6.45) is 0.836. The smallest absolute Gasteiger partial charge is 0.267 e. The van der Waals surface area contributed by atoms with Crippen LogP contribution in [0.15, 0.2) is 64.5 Å². The zero-order valence-corrected chi connectivity index (χ0v) is 19.4. The summed E-state index contributed by atoms with van der Waals surface area (Å²) in [4.78, 5) is 32.3. The van der Waals surface area contributed by atoms with E-state index < -0.39 is 0 Å². The Kier molecular flexibility index (Phi) is 6.46. The molecule has 2 heterocycles. The quantitative estimate of drug-likeness (QED) is 0.290. The Morgan fingerprint density at radius 3 is 2.55 bits per heavy atom. The van der Waals surface area contributed by atoms with Crippen molar-refractivity contribution >= 4 is 56.5 Å². The third kappa shape index (κ3) is 4.84. The first-order valence-electron chi connectivity index (χ1n) is 9.75. The molecule has 1 N–H and O–H groups in total. The molecular formula is C23H20ClN3O2S2. The predicted octanol–water partition coefficient (Wildman–Crippen LogP) is 5.70. The molecule has 4 rings (SSSR count). The van der Waals surface area contributed by atoms with Crippen molar-refractivity contribution in [1.82, 2.24) is 9.55 Å². The van der Waals surface area contributed by atoms with Gasteiger partial charge in [0.05, 0.1) is 16.8 Å². The van der Waals surface area contributed by atoms with E-state index in [0.29, 0.717) is 26.1 Å². The summed E-state index contributed by atoms with van der Waals surface area (Å²) >= 11 is 8.77. The second-order valence-corrected chi connectivity index (χ2v) is 9.49. The molecule has 31 heavy (non-hydrogen) atoms. The molecule has 0 aliphatic heterocycles. The van der Waals surface area contributed by atoms with Crippen LogP contribution in [0.1, 0.15) is 17.4 Å². The zero-order valence-electron chi connectivity index (χ0n) is 17.0. The molecule has 0 aliphatic rings. The minimum absolute atomic E-state index is 0.130. The van der Waals surface area contributed by atoms with E-state index in [9.17, 15) is 9.59 Å². The Bertz CT molecular complexity index is 1300. The second-order valence-electron chi connectivity index (χ2n) is 7.00. The molecule has 158 valence electrons. The molecule has 0 radical (unpaired) electrons. The van der Waals surface area contributed by atoms with E-state index in [4.69, 9.17) is 16.6 Å². The van der Waals surface area contributed by atoms with Gasteiger partial charge in [0.2, 0.25) is 5.91 Å². The first kappa shape index (κ1) is 21.6. The van der Waals surface area contributed by atoms with E-state index in [-0.39, 0.29) is 17.2 Å². The number of anilines is 1. The fraction of sp³-hybridized carbons (Fsp3) is 0.174. The van der Waals surface area contributed by atoms with Crippen LogP contribution < -0.4 is 10.9 Å². The molecule has 0 unspecified atom stereocenters. The predicted molar refractivity (Wildman–Crippen MR) is 130 cm³/mol. The summed E-state index contributed by atoms with van der Waals surface area (Å²) in [5, 5.41) is 4.53. The van der Waals surface area contributed by atoms with Gasteiger partial charge in [-0.3, -0.25) is 14.2 Å². The molecule has 5 nitrogen and oxygen atoms in total. The average molecular weight is 470 g/mol. The highest BCUT2D eigenvalue weighted by Gasteiger charge is 2.17. The Morgan fingerprint density at radius 1 is 1.16 bits per heavy atom. The maximum absolute atomic E-state index is 13.3. The van der Waals surface area contributed by atoms with Crippen LogP contribution in [0.5, 0.6) is 0 Å². The van der Waals surface area contributed by atoms with E-state index in [1.54, 1.807) is 28.8 Å². The van der Waals surface area contributed by atoms with Gasteiger partial charge in [0.15, 0.2) is 5.16 Å². The van der Waals surface area contributed by atoms with Gasteiger partial charge >= 0.3 is 0 Å². The molecule has 2 aromatic carbocycles. The highest BCUT2D eigenvalue weighted by atomic mass is 35.5. The van der Waals surface area contributed by atoms with Gasteiger partial charge in [0.1, 0.15) is 4.83 Å². The lowest BCUT2D eigenvalue weighted by Crippen LogP contribution is -2.22. The van der Waals surface area contributed by atoms with Crippen LogP contribution in [0.3, 0.4) is 0 Å². The molecule has 2 aromatic heterocycles. The highest BCUT2D eigenvalue weighted by molar-refractivity contribution is 7.99. The SMILES string of the molecule is CCc1cc2c(=O)n(-c3ccc(Cl)cc3)c(SCC(=O)Nc3ccc(C)cc3)nc2s1. The van der Waals surface area contributed by atoms with Crippen molar-refractivity contribution in [2.45, 2.75) is 25.4 Å². The fourth-order valence-corrected chi connectivity index (χ4v) is 5.01. The molecule has 0 spiro atoms. The molecule has 0 fully saturated rings. The number of fused-ring (bicyclic) bond motifs is 1. The molecular weight excluding hydrogens is 450 g/mol. The molecule has 0 saturated carbocycles. The molecule has 8 heteroatoms. The number of rotatable bonds is 6. The topological polar surface area (TPSA) is 64.0 Å². The van der Waals surface area contributed by atoms with Gasteiger partial charge in [0.25, 0.3) is 5.56 Å².